The Kier molecular flexibility index (Phi) is 5.49. The Labute approximate surface area is 108 Å². The van der Waals surface area contributed by atoms with Crippen LogP contribution in [0.25, 0.3) is 0 Å². The molecule has 1 aromatic carbocycles. The first kappa shape index (κ1) is 14.0. The van der Waals surface area contributed by atoms with Crippen molar-refractivity contribution in [3.8, 4) is 0 Å². The summed E-state index contributed by atoms with van der Waals surface area (Å²) in [5.74, 6) is 0.641. The molecule has 0 aliphatic heterocycles. The van der Waals surface area contributed by atoms with E-state index >= 15 is 0 Å². The Bertz CT molecular complexity index is 359. The molecule has 17 heavy (non-hydrogen) atoms. The smallest absolute Gasteiger partial charge is 0.251 e. The third-order valence-electron chi connectivity index (χ3n) is 2.66. The van der Waals surface area contributed by atoms with Gasteiger partial charge in [0.15, 0.2) is 0 Å². The Morgan fingerprint density at radius 3 is 2.29 bits per heavy atom. The zero-order valence-corrected chi connectivity index (χ0v) is 11.4. The average molecular weight is 254 g/mol. The molecule has 0 bridgehead atoms. The van der Waals surface area contributed by atoms with Gasteiger partial charge in [0.25, 0.3) is 5.91 Å². The lowest BCUT2D eigenvalue weighted by Gasteiger charge is -2.15. The Morgan fingerprint density at radius 2 is 1.76 bits per heavy atom. The van der Waals surface area contributed by atoms with Gasteiger partial charge in [-0.3, -0.25) is 4.79 Å². The largest absolute Gasteiger partial charge is 0.350 e. The van der Waals surface area contributed by atoms with E-state index in [1.165, 1.54) is 0 Å². The van der Waals surface area contributed by atoms with Gasteiger partial charge in [0.1, 0.15) is 0 Å². The minimum absolute atomic E-state index is 0.0297. The highest BCUT2D eigenvalue weighted by molar-refractivity contribution is 6.30. The van der Waals surface area contributed by atoms with Crippen molar-refractivity contribution in [3.05, 3.63) is 34.9 Å². The van der Waals surface area contributed by atoms with E-state index in [1.54, 1.807) is 24.3 Å². The minimum Gasteiger partial charge on any atom is -0.350 e. The van der Waals surface area contributed by atoms with Crippen LogP contribution < -0.4 is 5.32 Å². The van der Waals surface area contributed by atoms with Gasteiger partial charge in [0.2, 0.25) is 0 Å². The quantitative estimate of drug-likeness (QED) is 0.847. The summed E-state index contributed by atoms with van der Waals surface area (Å²) in [6, 6.07) is 7.16. The van der Waals surface area contributed by atoms with E-state index in [0.717, 1.165) is 12.8 Å². The zero-order chi connectivity index (χ0) is 12.8. The minimum atomic E-state index is -0.0297. The molecule has 3 heteroatoms. The molecule has 2 nitrogen and oxygen atoms in total. The van der Waals surface area contributed by atoms with Gasteiger partial charge in [-0.1, -0.05) is 25.4 Å². The first-order valence-electron chi connectivity index (χ1n) is 6.05. The predicted octanol–water partition coefficient (Wildman–Crippen LogP) is 3.89. The van der Waals surface area contributed by atoms with E-state index in [9.17, 15) is 4.79 Å². The molecular weight excluding hydrogens is 234 g/mol. The molecule has 0 fully saturated rings. The standard InChI is InChI=1S/C14H20ClNO/c1-10(2)4-5-11(3)16-14(17)12-6-8-13(15)9-7-12/h6-11H,4-5H2,1-3H3,(H,16,17). The number of halogens is 1. The Morgan fingerprint density at radius 1 is 1.18 bits per heavy atom. The third-order valence-corrected chi connectivity index (χ3v) is 2.91. The first-order valence-corrected chi connectivity index (χ1v) is 6.43. The second-order valence-electron chi connectivity index (χ2n) is 4.85. The number of nitrogens with one attached hydrogen (secondary N) is 1. The summed E-state index contributed by atoms with van der Waals surface area (Å²) in [6.07, 6.45) is 2.14. The van der Waals surface area contributed by atoms with Crippen molar-refractivity contribution in [2.45, 2.75) is 39.7 Å². The molecule has 0 saturated carbocycles. The van der Waals surface area contributed by atoms with E-state index < -0.39 is 0 Å². The molecule has 1 N–H and O–H groups in total. The second kappa shape index (κ2) is 6.65. The van der Waals surface area contributed by atoms with E-state index in [2.05, 4.69) is 19.2 Å². The third kappa shape index (κ3) is 5.22. The van der Waals surface area contributed by atoms with Crippen LogP contribution in [0.5, 0.6) is 0 Å². The van der Waals surface area contributed by atoms with E-state index in [0.29, 0.717) is 16.5 Å². The second-order valence-corrected chi connectivity index (χ2v) is 5.29. The Hall–Kier alpha value is -1.02. The van der Waals surface area contributed by atoms with Crippen molar-refractivity contribution in [2.75, 3.05) is 0 Å². The molecule has 0 aromatic heterocycles. The summed E-state index contributed by atoms with van der Waals surface area (Å²) >= 11 is 5.77. The fourth-order valence-corrected chi connectivity index (χ4v) is 1.69. The van der Waals surface area contributed by atoms with Gasteiger partial charge in [0.05, 0.1) is 0 Å². The lowest BCUT2D eigenvalue weighted by molar-refractivity contribution is 0.0937. The molecular formula is C14H20ClNO. The molecule has 1 aromatic rings. The maximum atomic E-state index is 11.9. The molecule has 94 valence electrons. The summed E-state index contributed by atoms with van der Waals surface area (Å²) in [6.45, 7) is 6.41. The molecule has 1 rings (SSSR count). The van der Waals surface area contributed by atoms with Crippen LogP contribution in [0.3, 0.4) is 0 Å². The van der Waals surface area contributed by atoms with Crippen LogP contribution >= 0.6 is 11.6 Å². The van der Waals surface area contributed by atoms with Crippen molar-refractivity contribution in [1.82, 2.24) is 5.32 Å². The molecule has 0 radical (unpaired) electrons. The molecule has 0 spiro atoms. The molecule has 1 amide bonds. The number of rotatable bonds is 5. The number of carbonyl (C=O) groups excluding carboxylic acids is 1. The van der Waals surface area contributed by atoms with Gasteiger partial charge in [-0.05, 0) is 49.9 Å². The Balaban J connectivity index is 2.46. The highest BCUT2D eigenvalue weighted by atomic mass is 35.5. The molecule has 1 unspecified atom stereocenters. The summed E-state index contributed by atoms with van der Waals surface area (Å²) in [5.41, 5.74) is 0.658. The summed E-state index contributed by atoms with van der Waals surface area (Å²) in [5, 5.41) is 3.64. The van der Waals surface area contributed by atoms with Gasteiger partial charge >= 0.3 is 0 Å². The number of hydrogen-bond donors (Lipinski definition) is 1. The maximum absolute atomic E-state index is 11.9. The number of amides is 1. The molecule has 0 saturated heterocycles. The van der Waals surface area contributed by atoms with Crippen molar-refractivity contribution in [3.63, 3.8) is 0 Å². The van der Waals surface area contributed by atoms with Gasteiger partial charge in [-0.15, -0.1) is 0 Å². The fraction of sp³-hybridized carbons (Fsp3) is 0.500. The van der Waals surface area contributed by atoms with Crippen LogP contribution in [0.1, 0.15) is 44.0 Å². The van der Waals surface area contributed by atoms with Gasteiger partial charge in [-0.25, -0.2) is 0 Å². The topological polar surface area (TPSA) is 29.1 Å². The van der Waals surface area contributed by atoms with Crippen LogP contribution in [0.4, 0.5) is 0 Å². The SMILES string of the molecule is CC(C)CCC(C)NC(=O)c1ccc(Cl)cc1. The highest BCUT2D eigenvalue weighted by Crippen LogP contribution is 2.10. The van der Waals surface area contributed by atoms with Crippen LogP contribution in [-0.2, 0) is 0 Å². The van der Waals surface area contributed by atoms with Crippen LogP contribution in [0.2, 0.25) is 5.02 Å². The highest BCUT2D eigenvalue weighted by Gasteiger charge is 2.09. The van der Waals surface area contributed by atoms with Crippen molar-refractivity contribution >= 4 is 17.5 Å². The van der Waals surface area contributed by atoms with E-state index in [-0.39, 0.29) is 11.9 Å². The van der Waals surface area contributed by atoms with Crippen LogP contribution in [-0.4, -0.2) is 11.9 Å². The maximum Gasteiger partial charge on any atom is 0.251 e. The summed E-state index contributed by atoms with van der Waals surface area (Å²) in [4.78, 5) is 11.9. The molecule has 1 atom stereocenters. The number of benzene rings is 1. The number of carbonyl (C=O) groups is 1. The van der Waals surface area contributed by atoms with Gasteiger partial charge in [-0.2, -0.15) is 0 Å². The van der Waals surface area contributed by atoms with Crippen LogP contribution in [0, 0.1) is 5.92 Å². The summed E-state index contributed by atoms with van der Waals surface area (Å²) < 4.78 is 0. The van der Waals surface area contributed by atoms with Crippen molar-refractivity contribution < 1.29 is 4.79 Å². The number of hydrogen-bond acceptors (Lipinski definition) is 1. The predicted molar refractivity (Wildman–Crippen MR) is 72.5 cm³/mol. The average Bonchev–Trinajstić information content (AvgIpc) is 2.27. The van der Waals surface area contributed by atoms with E-state index in [1.807, 2.05) is 6.92 Å². The van der Waals surface area contributed by atoms with Crippen molar-refractivity contribution in [1.29, 1.82) is 0 Å². The molecule has 0 aliphatic rings. The van der Waals surface area contributed by atoms with Gasteiger partial charge < -0.3 is 5.32 Å². The normalized spacial score (nSPS) is 12.5. The lowest BCUT2D eigenvalue weighted by Crippen LogP contribution is -2.32. The fourth-order valence-electron chi connectivity index (χ4n) is 1.56. The zero-order valence-electron chi connectivity index (χ0n) is 10.7. The van der Waals surface area contributed by atoms with Crippen LogP contribution in [0.15, 0.2) is 24.3 Å². The monoisotopic (exact) mass is 253 g/mol. The lowest BCUT2D eigenvalue weighted by atomic mass is 10.0. The molecule has 0 aliphatic carbocycles. The summed E-state index contributed by atoms with van der Waals surface area (Å²) in [7, 11) is 0. The molecule has 0 heterocycles. The van der Waals surface area contributed by atoms with Crippen molar-refractivity contribution in [2.24, 2.45) is 5.92 Å². The first-order chi connectivity index (χ1) is 7.99. The van der Waals surface area contributed by atoms with Gasteiger partial charge in [0, 0.05) is 16.6 Å². The van der Waals surface area contributed by atoms with E-state index in [4.69, 9.17) is 11.6 Å².